The number of halogens is 2. The molecule has 2 rings (SSSR count). The highest BCUT2D eigenvalue weighted by Crippen LogP contribution is 2.27. The van der Waals surface area contributed by atoms with Crippen LogP contribution in [0.1, 0.15) is 31.7 Å². The number of pyridine rings is 1. The van der Waals surface area contributed by atoms with Gasteiger partial charge in [0.15, 0.2) is 0 Å². The molecule has 2 nitrogen and oxygen atoms in total. The summed E-state index contributed by atoms with van der Waals surface area (Å²) >= 11 is 12.0. The number of hydrogen-bond donors (Lipinski definition) is 0. The molecule has 1 aromatic heterocycles. The predicted molar refractivity (Wildman–Crippen MR) is 74.0 cm³/mol. The van der Waals surface area contributed by atoms with E-state index in [9.17, 15) is 0 Å². The van der Waals surface area contributed by atoms with Crippen molar-refractivity contribution in [3.8, 4) is 0 Å². The summed E-state index contributed by atoms with van der Waals surface area (Å²) in [7, 11) is 0. The minimum Gasteiger partial charge on any atom is -0.355 e. The van der Waals surface area contributed by atoms with Crippen LogP contribution in [0.2, 0.25) is 5.02 Å². The molecule has 0 bridgehead atoms. The Kier molecular flexibility index (Phi) is 4.52. The number of nitrogens with zero attached hydrogens (tertiary/aromatic N) is 2. The fraction of sp³-hybridized carbons (Fsp3) is 0.615. The summed E-state index contributed by atoms with van der Waals surface area (Å²) in [5, 5.41) is 0.720. The molecular formula is C13H18Cl2N2. The summed E-state index contributed by atoms with van der Waals surface area (Å²) in [6, 6.07) is 1.92. The minimum absolute atomic E-state index is 0.462. The average Bonchev–Trinajstić information content (AvgIpc) is 2.54. The lowest BCUT2D eigenvalue weighted by molar-refractivity contribution is 0.521. The highest BCUT2D eigenvalue weighted by atomic mass is 35.5. The maximum atomic E-state index is 6.27. The van der Waals surface area contributed by atoms with E-state index in [1.54, 1.807) is 0 Å². The molecule has 0 N–H and O–H groups in total. The van der Waals surface area contributed by atoms with Crippen molar-refractivity contribution in [1.82, 2.24) is 4.98 Å². The Balaban J connectivity index is 2.15. The maximum Gasteiger partial charge on any atom is 0.147 e. The van der Waals surface area contributed by atoms with Crippen molar-refractivity contribution < 1.29 is 0 Å². The second-order valence-corrected chi connectivity index (χ2v) is 5.48. The van der Waals surface area contributed by atoms with Gasteiger partial charge in [-0.3, -0.25) is 0 Å². The summed E-state index contributed by atoms with van der Waals surface area (Å²) in [6.07, 6.45) is 5.56. The standard InChI is InChI=1S/C13H18Cl2N2/c1-10-3-2-5-17(6-4-10)13-12(15)7-11(8-14)9-16-13/h7,9-10H,2-6,8H2,1H3. The molecule has 17 heavy (non-hydrogen) atoms. The molecule has 1 saturated heterocycles. The van der Waals surface area contributed by atoms with Gasteiger partial charge in [0.2, 0.25) is 0 Å². The molecule has 94 valence electrons. The first-order chi connectivity index (χ1) is 8.20. The smallest absolute Gasteiger partial charge is 0.147 e. The van der Waals surface area contributed by atoms with Crippen LogP contribution < -0.4 is 4.90 Å². The highest BCUT2D eigenvalue weighted by Gasteiger charge is 2.17. The molecule has 0 aromatic carbocycles. The van der Waals surface area contributed by atoms with Crippen molar-refractivity contribution in [1.29, 1.82) is 0 Å². The number of hydrogen-bond acceptors (Lipinski definition) is 2. The molecule has 4 heteroatoms. The first-order valence-corrected chi connectivity index (χ1v) is 7.07. The fourth-order valence-corrected chi connectivity index (χ4v) is 2.71. The lowest BCUT2D eigenvalue weighted by Gasteiger charge is -2.22. The van der Waals surface area contributed by atoms with Crippen LogP contribution in [0.4, 0.5) is 5.82 Å². The van der Waals surface area contributed by atoms with Gasteiger partial charge >= 0.3 is 0 Å². The third-order valence-electron chi connectivity index (χ3n) is 3.35. The molecule has 0 radical (unpaired) electrons. The molecule has 1 aliphatic heterocycles. The first kappa shape index (κ1) is 13.0. The Morgan fingerprint density at radius 3 is 2.94 bits per heavy atom. The second kappa shape index (κ2) is 5.92. The van der Waals surface area contributed by atoms with E-state index in [1.807, 2.05) is 12.3 Å². The highest BCUT2D eigenvalue weighted by molar-refractivity contribution is 6.33. The van der Waals surface area contributed by atoms with Crippen LogP contribution in [0, 0.1) is 5.92 Å². The van der Waals surface area contributed by atoms with Gasteiger partial charge in [0.1, 0.15) is 5.82 Å². The first-order valence-electron chi connectivity index (χ1n) is 6.16. The van der Waals surface area contributed by atoms with E-state index < -0.39 is 0 Å². The Hall–Kier alpha value is -0.470. The minimum atomic E-state index is 0.462. The Morgan fingerprint density at radius 2 is 2.24 bits per heavy atom. The molecule has 1 fully saturated rings. The number of anilines is 1. The van der Waals surface area contributed by atoms with Crippen molar-refractivity contribution in [2.75, 3.05) is 18.0 Å². The van der Waals surface area contributed by atoms with Crippen molar-refractivity contribution >= 4 is 29.0 Å². The van der Waals surface area contributed by atoms with Crippen molar-refractivity contribution in [2.45, 2.75) is 32.1 Å². The molecular weight excluding hydrogens is 255 g/mol. The van der Waals surface area contributed by atoms with Gasteiger partial charge in [0.05, 0.1) is 5.02 Å². The summed E-state index contributed by atoms with van der Waals surface area (Å²) in [4.78, 5) is 6.74. The zero-order valence-corrected chi connectivity index (χ0v) is 11.6. The third kappa shape index (κ3) is 3.26. The maximum absolute atomic E-state index is 6.27. The van der Waals surface area contributed by atoms with E-state index in [0.717, 1.165) is 35.4 Å². The molecule has 0 spiro atoms. The van der Waals surface area contributed by atoms with E-state index in [2.05, 4.69) is 16.8 Å². The van der Waals surface area contributed by atoms with Gasteiger partial charge in [-0.25, -0.2) is 4.98 Å². The molecule has 1 aromatic rings. The SMILES string of the molecule is CC1CCCN(c2ncc(CCl)cc2Cl)CC1. The molecule has 1 atom stereocenters. The molecule has 0 amide bonds. The number of alkyl halides is 1. The third-order valence-corrected chi connectivity index (χ3v) is 3.94. The van der Waals surface area contributed by atoms with Crippen LogP contribution >= 0.6 is 23.2 Å². The van der Waals surface area contributed by atoms with Crippen LogP contribution in [0.5, 0.6) is 0 Å². The predicted octanol–water partition coefficient (Wildman–Crippen LogP) is 4.10. The Labute approximate surface area is 113 Å². The van der Waals surface area contributed by atoms with Crippen molar-refractivity contribution in [2.24, 2.45) is 5.92 Å². The van der Waals surface area contributed by atoms with Gasteiger partial charge in [-0.15, -0.1) is 11.6 Å². The zero-order chi connectivity index (χ0) is 12.3. The van der Waals surface area contributed by atoms with E-state index in [0.29, 0.717) is 5.88 Å². The quantitative estimate of drug-likeness (QED) is 0.754. The number of rotatable bonds is 2. The van der Waals surface area contributed by atoms with E-state index >= 15 is 0 Å². The van der Waals surface area contributed by atoms with Crippen LogP contribution in [0.3, 0.4) is 0 Å². The van der Waals surface area contributed by atoms with Gasteiger partial charge in [0, 0.05) is 25.2 Å². The largest absolute Gasteiger partial charge is 0.355 e. The van der Waals surface area contributed by atoms with E-state index in [-0.39, 0.29) is 0 Å². The molecule has 2 heterocycles. The van der Waals surface area contributed by atoms with Gasteiger partial charge in [-0.05, 0) is 36.8 Å². The Morgan fingerprint density at radius 1 is 1.41 bits per heavy atom. The monoisotopic (exact) mass is 272 g/mol. The molecule has 0 aliphatic carbocycles. The van der Waals surface area contributed by atoms with Crippen molar-refractivity contribution in [3.63, 3.8) is 0 Å². The summed E-state index contributed by atoms with van der Waals surface area (Å²) in [5.74, 6) is 2.18. The zero-order valence-electron chi connectivity index (χ0n) is 10.1. The topological polar surface area (TPSA) is 16.1 Å². The second-order valence-electron chi connectivity index (χ2n) is 4.81. The van der Waals surface area contributed by atoms with Crippen LogP contribution in [0.15, 0.2) is 12.3 Å². The van der Waals surface area contributed by atoms with Crippen LogP contribution in [0.25, 0.3) is 0 Å². The van der Waals surface area contributed by atoms with E-state index in [4.69, 9.17) is 23.2 Å². The summed E-state index contributed by atoms with van der Waals surface area (Å²) in [5.41, 5.74) is 0.976. The van der Waals surface area contributed by atoms with Gasteiger partial charge < -0.3 is 4.90 Å². The summed E-state index contributed by atoms with van der Waals surface area (Å²) < 4.78 is 0. The lowest BCUT2D eigenvalue weighted by atomic mass is 10.0. The van der Waals surface area contributed by atoms with Gasteiger partial charge in [-0.1, -0.05) is 18.5 Å². The summed E-state index contributed by atoms with van der Waals surface area (Å²) in [6.45, 7) is 4.42. The molecule has 0 saturated carbocycles. The molecule has 1 unspecified atom stereocenters. The van der Waals surface area contributed by atoms with Gasteiger partial charge in [-0.2, -0.15) is 0 Å². The van der Waals surface area contributed by atoms with Crippen molar-refractivity contribution in [3.05, 3.63) is 22.8 Å². The van der Waals surface area contributed by atoms with Gasteiger partial charge in [0.25, 0.3) is 0 Å². The Bertz CT molecular complexity index is 382. The van der Waals surface area contributed by atoms with Crippen LogP contribution in [-0.4, -0.2) is 18.1 Å². The van der Waals surface area contributed by atoms with Crippen LogP contribution in [-0.2, 0) is 5.88 Å². The van der Waals surface area contributed by atoms with E-state index in [1.165, 1.54) is 19.3 Å². The normalized spacial score (nSPS) is 21.4. The number of aromatic nitrogens is 1. The average molecular weight is 273 g/mol. The lowest BCUT2D eigenvalue weighted by Crippen LogP contribution is -2.25. The fourth-order valence-electron chi connectivity index (χ4n) is 2.25. The molecule has 1 aliphatic rings.